The molecule has 2 rings (SSSR count). The number of pyridine rings is 1. The SMILES string of the molecule is CCC(N)=NCCc1cccc2cccnc12. The van der Waals surface area contributed by atoms with Gasteiger partial charge in [-0.25, -0.2) is 0 Å². The molecule has 0 aliphatic carbocycles. The lowest BCUT2D eigenvalue weighted by atomic mass is 10.1. The highest BCUT2D eigenvalue weighted by atomic mass is 14.8. The zero-order valence-corrected chi connectivity index (χ0v) is 10.1. The van der Waals surface area contributed by atoms with Gasteiger partial charge in [0.1, 0.15) is 0 Å². The van der Waals surface area contributed by atoms with E-state index in [1.165, 1.54) is 10.9 Å². The molecular weight excluding hydrogens is 210 g/mol. The number of fused-ring (bicyclic) bond motifs is 1. The van der Waals surface area contributed by atoms with Gasteiger partial charge in [0.25, 0.3) is 0 Å². The first-order valence-corrected chi connectivity index (χ1v) is 5.92. The summed E-state index contributed by atoms with van der Waals surface area (Å²) in [5.74, 6) is 0.721. The van der Waals surface area contributed by atoms with E-state index in [9.17, 15) is 0 Å². The minimum Gasteiger partial charge on any atom is -0.387 e. The molecular formula is C14H17N3. The fourth-order valence-corrected chi connectivity index (χ4v) is 1.80. The van der Waals surface area contributed by atoms with Gasteiger partial charge in [0.05, 0.1) is 11.4 Å². The van der Waals surface area contributed by atoms with Gasteiger partial charge in [-0.3, -0.25) is 9.98 Å². The highest BCUT2D eigenvalue weighted by molar-refractivity contribution is 5.82. The van der Waals surface area contributed by atoms with Crippen molar-refractivity contribution in [3.63, 3.8) is 0 Å². The highest BCUT2D eigenvalue weighted by Crippen LogP contribution is 2.16. The second kappa shape index (κ2) is 5.43. The van der Waals surface area contributed by atoms with Crippen molar-refractivity contribution in [2.24, 2.45) is 10.7 Å². The van der Waals surface area contributed by atoms with Crippen LogP contribution in [0.5, 0.6) is 0 Å². The third-order valence-corrected chi connectivity index (χ3v) is 2.77. The number of nitrogens with two attached hydrogens (primary N) is 1. The van der Waals surface area contributed by atoms with E-state index in [1.807, 2.05) is 19.2 Å². The maximum atomic E-state index is 5.68. The van der Waals surface area contributed by atoms with Crippen LogP contribution in [0.1, 0.15) is 18.9 Å². The quantitative estimate of drug-likeness (QED) is 0.644. The zero-order chi connectivity index (χ0) is 12.1. The van der Waals surface area contributed by atoms with Crippen LogP contribution in [0.25, 0.3) is 10.9 Å². The Hall–Kier alpha value is -1.90. The van der Waals surface area contributed by atoms with Gasteiger partial charge in [-0.1, -0.05) is 31.2 Å². The lowest BCUT2D eigenvalue weighted by Crippen LogP contribution is -2.10. The third kappa shape index (κ3) is 2.81. The van der Waals surface area contributed by atoms with Crippen LogP contribution in [0.4, 0.5) is 0 Å². The molecule has 0 saturated heterocycles. The summed E-state index contributed by atoms with van der Waals surface area (Å²) in [6.07, 6.45) is 3.53. The van der Waals surface area contributed by atoms with Crippen LogP contribution >= 0.6 is 0 Å². The van der Waals surface area contributed by atoms with E-state index in [0.29, 0.717) is 0 Å². The molecule has 0 aliphatic rings. The van der Waals surface area contributed by atoms with Crippen molar-refractivity contribution < 1.29 is 0 Å². The molecule has 88 valence electrons. The maximum Gasteiger partial charge on any atom is 0.0934 e. The van der Waals surface area contributed by atoms with Gasteiger partial charge in [-0.05, 0) is 18.1 Å². The highest BCUT2D eigenvalue weighted by Gasteiger charge is 2.00. The molecule has 2 aromatic rings. The summed E-state index contributed by atoms with van der Waals surface area (Å²) in [4.78, 5) is 8.73. The Kier molecular flexibility index (Phi) is 3.70. The van der Waals surface area contributed by atoms with Gasteiger partial charge in [0.15, 0.2) is 0 Å². The molecule has 0 fully saturated rings. The Morgan fingerprint density at radius 3 is 2.94 bits per heavy atom. The molecule has 0 atom stereocenters. The molecule has 17 heavy (non-hydrogen) atoms. The molecule has 2 N–H and O–H groups in total. The van der Waals surface area contributed by atoms with E-state index in [2.05, 4.69) is 34.2 Å². The van der Waals surface area contributed by atoms with Crippen LogP contribution in [0.2, 0.25) is 0 Å². The van der Waals surface area contributed by atoms with E-state index in [4.69, 9.17) is 5.73 Å². The molecule has 0 radical (unpaired) electrons. The first-order valence-electron chi connectivity index (χ1n) is 5.92. The number of amidine groups is 1. The van der Waals surface area contributed by atoms with Crippen LogP contribution in [-0.2, 0) is 6.42 Å². The fraction of sp³-hybridized carbons (Fsp3) is 0.286. The van der Waals surface area contributed by atoms with Crippen LogP contribution in [0.3, 0.4) is 0 Å². The minimum atomic E-state index is 0.721. The lowest BCUT2D eigenvalue weighted by Gasteiger charge is -2.04. The summed E-state index contributed by atoms with van der Waals surface area (Å²) < 4.78 is 0. The number of para-hydroxylation sites is 1. The average molecular weight is 227 g/mol. The van der Waals surface area contributed by atoms with Crippen molar-refractivity contribution in [1.29, 1.82) is 0 Å². The summed E-state index contributed by atoms with van der Waals surface area (Å²) in [7, 11) is 0. The van der Waals surface area contributed by atoms with E-state index in [0.717, 1.165) is 30.7 Å². The number of hydrogen-bond acceptors (Lipinski definition) is 2. The number of hydrogen-bond donors (Lipinski definition) is 1. The lowest BCUT2D eigenvalue weighted by molar-refractivity contribution is 0.960. The predicted molar refractivity (Wildman–Crippen MR) is 72.2 cm³/mol. The van der Waals surface area contributed by atoms with Crippen molar-refractivity contribution in [3.05, 3.63) is 42.1 Å². The molecule has 0 amide bonds. The number of nitrogens with zero attached hydrogens (tertiary/aromatic N) is 2. The van der Waals surface area contributed by atoms with E-state index < -0.39 is 0 Å². The van der Waals surface area contributed by atoms with Gasteiger partial charge in [0, 0.05) is 24.5 Å². The van der Waals surface area contributed by atoms with Gasteiger partial charge >= 0.3 is 0 Å². The molecule has 3 heteroatoms. The Morgan fingerprint density at radius 1 is 1.29 bits per heavy atom. The van der Waals surface area contributed by atoms with Crippen LogP contribution < -0.4 is 5.73 Å². The van der Waals surface area contributed by atoms with Crippen molar-refractivity contribution >= 4 is 16.7 Å². The first kappa shape index (κ1) is 11.6. The number of aromatic nitrogens is 1. The second-order valence-electron chi connectivity index (χ2n) is 3.97. The number of benzene rings is 1. The average Bonchev–Trinajstić information content (AvgIpc) is 2.39. The molecule has 1 heterocycles. The molecule has 3 nitrogen and oxygen atoms in total. The van der Waals surface area contributed by atoms with Gasteiger partial charge in [-0.15, -0.1) is 0 Å². The van der Waals surface area contributed by atoms with E-state index in [-0.39, 0.29) is 0 Å². The molecule has 0 bridgehead atoms. The summed E-state index contributed by atoms with van der Waals surface area (Å²) in [5.41, 5.74) is 7.99. The minimum absolute atomic E-state index is 0.721. The third-order valence-electron chi connectivity index (χ3n) is 2.77. The van der Waals surface area contributed by atoms with Gasteiger partial charge < -0.3 is 5.73 Å². The summed E-state index contributed by atoms with van der Waals surface area (Å²) in [6, 6.07) is 10.3. The topological polar surface area (TPSA) is 51.3 Å². The van der Waals surface area contributed by atoms with Crippen molar-refractivity contribution in [3.8, 4) is 0 Å². The molecule has 0 aliphatic heterocycles. The summed E-state index contributed by atoms with van der Waals surface area (Å²) >= 11 is 0. The van der Waals surface area contributed by atoms with E-state index >= 15 is 0 Å². The Balaban J connectivity index is 2.19. The van der Waals surface area contributed by atoms with Crippen LogP contribution in [0.15, 0.2) is 41.5 Å². The number of aliphatic imine (C=N–C) groups is 1. The number of rotatable bonds is 4. The Labute approximate surface area is 101 Å². The standard InChI is InChI=1S/C14H17N3/c1-2-13(15)16-10-8-12-6-3-5-11-7-4-9-17-14(11)12/h3-7,9H,2,8,10H2,1H3,(H2,15,16). The second-order valence-corrected chi connectivity index (χ2v) is 3.97. The summed E-state index contributed by atoms with van der Waals surface area (Å²) in [6.45, 7) is 2.74. The first-order chi connectivity index (χ1) is 8.31. The molecule has 1 aromatic carbocycles. The van der Waals surface area contributed by atoms with Crippen molar-refractivity contribution in [2.75, 3.05) is 6.54 Å². The molecule has 0 spiro atoms. The Bertz CT molecular complexity index is 526. The maximum absolute atomic E-state index is 5.68. The monoisotopic (exact) mass is 227 g/mol. The van der Waals surface area contributed by atoms with E-state index in [1.54, 1.807) is 0 Å². The fourth-order valence-electron chi connectivity index (χ4n) is 1.80. The molecule has 1 aromatic heterocycles. The summed E-state index contributed by atoms with van der Waals surface area (Å²) in [5, 5.41) is 1.18. The predicted octanol–water partition coefficient (Wildman–Crippen LogP) is 2.54. The van der Waals surface area contributed by atoms with Crippen LogP contribution in [-0.4, -0.2) is 17.4 Å². The smallest absolute Gasteiger partial charge is 0.0934 e. The normalized spacial score (nSPS) is 11.9. The Morgan fingerprint density at radius 2 is 2.12 bits per heavy atom. The van der Waals surface area contributed by atoms with Crippen molar-refractivity contribution in [2.45, 2.75) is 19.8 Å². The van der Waals surface area contributed by atoms with Crippen molar-refractivity contribution in [1.82, 2.24) is 4.98 Å². The molecule has 0 saturated carbocycles. The molecule has 0 unspecified atom stereocenters. The van der Waals surface area contributed by atoms with Gasteiger partial charge in [0.2, 0.25) is 0 Å². The zero-order valence-electron chi connectivity index (χ0n) is 10.1. The van der Waals surface area contributed by atoms with Crippen LogP contribution in [0, 0.1) is 0 Å². The van der Waals surface area contributed by atoms with Gasteiger partial charge in [-0.2, -0.15) is 0 Å². The largest absolute Gasteiger partial charge is 0.387 e.